The number of halogens is 3. The molecule has 196 valence electrons. The number of carbonyl (C=O) groups excluding carboxylic acids is 1. The summed E-state index contributed by atoms with van der Waals surface area (Å²) < 4.78 is 45.8. The molecular formula is C25H33F3N6O2. The van der Waals surface area contributed by atoms with Crippen LogP contribution in [0.4, 0.5) is 40.8 Å². The average Bonchev–Trinajstić information content (AvgIpc) is 3.06. The molecule has 3 heterocycles. The third-order valence-electron chi connectivity index (χ3n) is 6.44. The van der Waals surface area contributed by atoms with Crippen molar-refractivity contribution < 1.29 is 22.7 Å². The number of carbonyl (C=O) groups is 1. The van der Waals surface area contributed by atoms with Gasteiger partial charge in [0.1, 0.15) is 5.82 Å². The topological polar surface area (TPSA) is 73.0 Å². The second-order valence-corrected chi connectivity index (χ2v) is 9.16. The molecule has 0 bridgehead atoms. The lowest BCUT2D eigenvalue weighted by Gasteiger charge is -2.34. The molecule has 2 saturated heterocycles. The van der Waals surface area contributed by atoms with Crippen LogP contribution in [0.15, 0.2) is 36.5 Å². The average molecular weight is 507 g/mol. The number of rotatable bonds is 8. The van der Waals surface area contributed by atoms with Gasteiger partial charge in [-0.25, -0.2) is 9.78 Å². The zero-order chi connectivity index (χ0) is 25.5. The molecule has 2 N–H and O–H groups in total. The van der Waals surface area contributed by atoms with Crippen molar-refractivity contribution in [3.63, 3.8) is 0 Å². The van der Waals surface area contributed by atoms with Crippen LogP contribution in [0.25, 0.3) is 0 Å². The number of likely N-dealkylation sites (N-methyl/N-ethyl adjacent to an activating group) is 1. The standard InChI is InChI=1S/C25H33F3N6O2/c1-32-12-14-33(15-13-32)20-7-5-19(6-8-20)31-23-17-22(21(18-30-23)25(26,27)28)29-9-4-11-34-10-2-3-16-36-24(34)35/h5-8,17-18H,2-4,9-16H2,1H3,(H2,29,30,31). The van der Waals surface area contributed by atoms with Gasteiger partial charge in [0, 0.05) is 69.5 Å². The Kier molecular flexibility index (Phi) is 8.40. The van der Waals surface area contributed by atoms with Crippen molar-refractivity contribution in [2.24, 2.45) is 0 Å². The summed E-state index contributed by atoms with van der Waals surface area (Å²) in [4.78, 5) is 22.1. The number of alkyl halides is 3. The summed E-state index contributed by atoms with van der Waals surface area (Å²) in [7, 11) is 2.11. The van der Waals surface area contributed by atoms with Gasteiger partial charge < -0.3 is 30.1 Å². The highest BCUT2D eigenvalue weighted by Gasteiger charge is 2.34. The Morgan fingerprint density at radius 2 is 1.81 bits per heavy atom. The predicted molar refractivity (Wildman–Crippen MR) is 134 cm³/mol. The number of amides is 1. The largest absolute Gasteiger partial charge is 0.449 e. The van der Waals surface area contributed by atoms with E-state index in [2.05, 4.69) is 32.5 Å². The van der Waals surface area contributed by atoms with Gasteiger partial charge in [-0.05, 0) is 50.6 Å². The summed E-state index contributed by atoms with van der Waals surface area (Å²) in [5.74, 6) is 0.314. The molecule has 8 nitrogen and oxygen atoms in total. The van der Waals surface area contributed by atoms with Gasteiger partial charge >= 0.3 is 12.3 Å². The zero-order valence-electron chi connectivity index (χ0n) is 20.5. The molecule has 0 radical (unpaired) electrons. The molecule has 0 atom stereocenters. The fourth-order valence-corrected chi connectivity index (χ4v) is 4.31. The van der Waals surface area contributed by atoms with Crippen molar-refractivity contribution in [3.05, 3.63) is 42.1 Å². The number of hydrogen-bond acceptors (Lipinski definition) is 7. The van der Waals surface area contributed by atoms with Gasteiger partial charge in [-0.2, -0.15) is 13.2 Å². The Balaban J connectivity index is 1.37. The van der Waals surface area contributed by atoms with Crippen molar-refractivity contribution in [1.29, 1.82) is 0 Å². The molecule has 1 amide bonds. The maximum Gasteiger partial charge on any atom is 0.419 e. The van der Waals surface area contributed by atoms with Crippen molar-refractivity contribution in [3.8, 4) is 0 Å². The first kappa shape index (κ1) is 25.9. The summed E-state index contributed by atoms with van der Waals surface area (Å²) in [6.45, 7) is 5.63. The molecule has 2 aromatic rings. The van der Waals surface area contributed by atoms with Gasteiger partial charge in [0.25, 0.3) is 0 Å². The van der Waals surface area contributed by atoms with Crippen molar-refractivity contribution in [2.45, 2.75) is 25.4 Å². The molecule has 11 heteroatoms. The summed E-state index contributed by atoms with van der Waals surface area (Å²) in [5, 5.41) is 5.98. The second kappa shape index (κ2) is 11.7. The summed E-state index contributed by atoms with van der Waals surface area (Å²) in [5.41, 5.74) is 0.982. The number of cyclic esters (lactones) is 1. The lowest BCUT2D eigenvalue weighted by Crippen LogP contribution is -2.44. The number of hydrogen-bond donors (Lipinski definition) is 2. The van der Waals surface area contributed by atoms with E-state index >= 15 is 0 Å². The van der Waals surface area contributed by atoms with E-state index in [1.807, 2.05) is 24.3 Å². The van der Waals surface area contributed by atoms with E-state index in [9.17, 15) is 18.0 Å². The fraction of sp³-hybridized carbons (Fsp3) is 0.520. The maximum absolute atomic E-state index is 13.6. The molecule has 36 heavy (non-hydrogen) atoms. The summed E-state index contributed by atoms with van der Waals surface area (Å²) in [6.07, 6.45) is -1.89. The molecular weight excluding hydrogens is 473 g/mol. The number of aromatic nitrogens is 1. The van der Waals surface area contributed by atoms with E-state index in [0.717, 1.165) is 56.6 Å². The fourth-order valence-electron chi connectivity index (χ4n) is 4.31. The number of nitrogens with one attached hydrogen (secondary N) is 2. The number of nitrogens with zero attached hydrogens (tertiary/aromatic N) is 4. The SMILES string of the molecule is CN1CCN(c2ccc(Nc3cc(NCCCN4CCCCOC4=O)c(C(F)(F)F)cn3)cc2)CC1. The van der Waals surface area contributed by atoms with E-state index < -0.39 is 11.7 Å². The van der Waals surface area contributed by atoms with E-state index in [-0.39, 0.29) is 18.3 Å². The van der Waals surface area contributed by atoms with Gasteiger partial charge in [0.05, 0.1) is 17.9 Å². The van der Waals surface area contributed by atoms with E-state index in [0.29, 0.717) is 31.9 Å². The lowest BCUT2D eigenvalue weighted by molar-refractivity contribution is -0.137. The minimum absolute atomic E-state index is 0.0486. The Bertz CT molecular complexity index is 1010. The zero-order valence-corrected chi connectivity index (χ0v) is 20.5. The Morgan fingerprint density at radius 1 is 1.06 bits per heavy atom. The minimum atomic E-state index is -4.54. The Hall–Kier alpha value is -3.21. The van der Waals surface area contributed by atoms with Crippen LogP contribution in [0.3, 0.4) is 0 Å². The number of pyridine rings is 1. The van der Waals surface area contributed by atoms with Gasteiger partial charge in [0.2, 0.25) is 0 Å². The maximum atomic E-state index is 13.6. The van der Waals surface area contributed by atoms with Crippen LogP contribution < -0.4 is 15.5 Å². The highest BCUT2D eigenvalue weighted by molar-refractivity contribution is 5.68. The Morgan fingerprint density at radius 3 is 2.53 bits per heavy atom. The third kappa shape index (κ3) is 6.93. The van der Waals surface area contributed by atoms with Crippen LogP contribution in [0.2, 0.25) is 0 Å². The molecule has 2 fully saturated rings. The van der Waals surface area contributed by atoms with Crippen molar-refractivity contribution in [1.82, 2.24) is 14.8 Å². The quantitative estimate of drug-likeness (QED) is 0.506. The molecule has 0 saturated carbocycles. The Labute approximate surface area is 209 Å². The van der Waals surface area contributed by atoms with Crippen LogP contribution in [0.5, 0.6) is 0 Å². The van der Waals surface area contributed by atoms with Crippen LogP contribution in [0.1, 0.15) is 24.8 Å². The first-order valence-electron chi connectivity index (χ1n) is 12.3. The summed E-state index contributed by atoms with van der Waals surface area (Å²) >= 11 is 0. The third-order valence-corrected chi connectivity index (χ3v) is 6.44. The molecule has 4 rings (SSSR count). The lowest BCUT2D eigenvalue weighted by atomic mass is 10.2. The van der Waals surface area contributed by atoms with Crippen LogP contribution in [-0.4, -0.2) is 80.3 Å². The second-order valence-electron chi connectivity index (χ2n) is 9.16. The molecule has 0 aliphatic carbocycles. The molecule has 2 aliphatic heterocycles. The smallest absolute Gasteiger partial charge is 0.419 e. The highest BCUT2D eigenvalue weighted by atomic mass is 19.4. The number of anilines is 4. The van der Waals surface area contributed by atoms with Crippen LogP contribution >= 0.6 is 0 Å². The number of ether oxygens (including phenoxy) is 1. The highest BCUT2D eigenvalue weighted by Crippen LogP contribution is 2.36. The van der Waals surface area contributed by atoms with Crippen LogP contribution in [-0.2, 0) is 10.9 Å². The molecule has 0 spiro atoms. The summed E-state index contributed by atoms with van der Waals surface area (Å²) in [6, 6.07) is 9.19. The van der Waals surface area contributed by atoms with Gasteiger partial charge in [-0.15, -0.1) is 0 Å². The van der Waals surface area contributed by atoms with Crippen LogP contribution in [0, 0.1) is 0 Å². The number of benzene rings is 1. The normalized spacial score (nSPS) is 17.5. The first-order chi connectivity index (χ1) is 17.3. The minimum Gasteiger partial charge on any atom is -0.449 e. The molecule has 1 aromatic carbocycles. The van der Waals surface area contributed by atoms with Crippen molar-refractivity contribution >= 4 is 29.0 Å². The monoisotopic (exact) mass is 506 g/mol. The van der Waals surface area contributed by atoms with E-state index in [1.54, 1.807) is 4.90 Å². The molecule has 1 aromatic heterocycles. The predicted octanol–water partition coefficient (Wildman–Crippen LogP) is 4.63. The number of piperazine rings is 1. The van der Waals surface area contributed by atoms with Crippen molar-refractivity contribution in [2.75, 3.05) is 75.0 Å². The van der Waals surface area contributed by atoms with Gasteiger partial charge in [-0.3, -0.25) is 0 Å². The van der Waals surface area contributed by atoms with Gasteiger partial charge in [-0.1, -0.05) is 0 Å². The van der Waals surface area contributed by atoms with E-state index in [4.69, 9.17) is 4.74 Å². The molecule has 2 aliphatic rings. The van der Waals surface area contributed by atoms with E-state index in [1.165, 1.54) is 6.07 Å². The molecule has 0 unspecified atom stereocenters. The first-order valence-corrected chi connectivity index (χ1v) is 12.3. The van der Waals surface area contributed by atoms with Gasteiger partial charge in [0.15, 0.2) is 0 Å².